The van der Waals surface area contributed by atoms with E-state index in [-0.39, 0.29) is 5.91 Å². The van der Waals surface area contributed by atoms with Gasteiger partial charge >= 0.3 is 0 Å². The normalized spacial score (nSPS) is 13.9. The predicted octanol–water partition coefficient (Wildman–Crippen LogP) is 4.42. The second-order valence-electron chi connectivity index (χ2n) is 7.17. The van der Waals surface area contributed by atoms with Crippen molar-refractivity contribution in [1.29, 1.82) is 0 Å². The maximum Gasteiger partial charge on any atom is 0.247 e. The van der Waals surface area contributed by atoms with Crippen LogP contribution >= 0.6 is 0 Å². The van der Waals surface area contributed by atoms with E-state index in [1.807, 2.05) is 54.6 Å². The molecule has 3 aromatic rings. The average molecular weight is 402 g/mol. The molecule has 1 saturated carbocycles. The first kappa shape index (κ1) is 19.5. The Bertz CT molecular complexity index is 1080. The highest BCUT2D eigenvalue weighted by atomic mass is 16.5. The van der Waals surface area contributed by atoms with Crippen molar-refractivity contribution in [3.05, 3.63) is 78.9 Å². The molecule has 4 rings (SSSR count). The van der Waals surface area contributed by atoms with Gasteiger partial charge in [-0.2, -0.15) is 0 Å². The van der Waals surface area contributed by atoms with Crippen LogP contribution in [-0.4, -0.2) is 18.9 Å². The maximum atomic E-state index is 13.5. The van der Waals surface area contributed by atoms with Crippen LogP contribution in [0.15, 0.2) is 78.9 Å². The number of methoxy groups -OCH3 is 1. The summed E-state index contributed by atoms with van der Waals surface area (Å²) in [5.41, 5.74) is 5.59. The summed E-state index contributed by atoms with van der Waals surface area (Å²) < 4.78 is 11.4. The van der Waals surface area contributed by atoms with Gasteiger partial charge in [0, 0.05) is 11.8 Å². The van der Waals surface area contributed by atoms with Crippen LogP contribution in [-0.2, 0) is 9.59 Å². The molecule has 1 fully saturated rings. The van der Waals surface area contributed by atoms with Gasteiger partial charge in [0.05, 0.1) is 12.8 Å². The molecule has 0 radical (unpaired) electrons. The minimum absolute atomic E-state index is 0.345. The molecule has 0 atom stereocenters. The molecule has 152 valence electrons. The highest BCUT2D eigenvalue weighted by Gasteiger charge is 2.57. The Kier molecular flexibility index (Phi) is 5.14. The Morgan fingerprint density at radius 2 is 1.57 bits per heavy atom. The summed E-state index contributed by atoms with van der Waals surface area (Å²) in [5, 5.41) is 0. The fourth-order valence-electron chi connectivity index (χ4n) is 3.37. The molecule has 2 N–H and O–H groups in total. The molecular formula is C24H22N2O4. The summed E-state index contributed by atoms with van der Waals surface area (Å²) in [6.07, 6.45) is 0.896. The van der Waals surface area contributed by atoms with Gasteiger partial charge in [0.25, 0.3) is 0 Å². The smallest absolute Gasteiger partial charge is 0.247 e. The molecular weight excluding hydrogens is 380 g/mol. The number of carbonyl (C=O) groups excluding carboxylic acids is 2. The van der Waals surface area contributed by atoms with Crippen LogP contribution in [0, 0.1) is 5.41 Å². The van der Waals surface area contributed by atoms with E-state index >= 15 is 0 Å². The van der Waals surface area contributed by atoms with Crippen molar-refractivity contribution in [2.75, 3.05) is 12.0 Å². The third-order valence-corrected chi connectivity index (χ3v) is 5.22. The van der Waals surface area contributed by atoms with Gasteiger partial charge in [-0.15, -0.1) is 0 Å². The number of hydrogen-bond donors (Lipinski definition) is 1. The number of anilines is 2. The van der Waals surface area contributed by atoms with Gasteiger partial charge in [-0.05, 0) is 49.2 Å². The van der Waals surface area contributed by atoms with Crippen LogP contribution in [0.25, 0.3) is 0 Å². The van der Waals surface area contributed by atoms with Crippen molar-refractivity contribution in [1.82, 2.24) is 0 Å². The van der Waals surface area contributed by atoms with Crippen LogP contribution < -0.4 is 20.1 Å². The lowest BCUT2D eigenvalue weighted by Crippen LogP contribution is -2.41. The fraction of sp³-hybridized carbons (Fsp3) is 0.167. The van der Waals surface area contributed by atoms with Gasteiger partial charge in [0.1, 0.15) is 16.9 Å². The first-order valence-corrected chi connectivity index (χ1v) is 9.65. The molecule has 30 heavy (non-hydrogen) atoms. The summed E-state index contributed by atoms with van der Waals surface area (Å²) in [7, 11) is 1.59. The number of rotatable bonds is 7. The minimum atomic E-state index is -1.17. The van der Waals surface area contributed by atoms with Crippen molar-refractivity contribution in [2.45, 2.75) is 12.8 Å². The molecule has 0 saturated heterocycles. The number of para-hydroxylation sites is 3. The largest absolute Gasteiger partial charge is 0.497 e. The first-order valence-electron chi connectivity index (χ1n) is 9.65. The van der Waals surface area contributed by atoms with Gasteiger partial charge in [0.2, 0.25) is 11.8 Å². The minimum Gasteiger partial charge on any atom is -0.497 e. The van der Waals surface area contributed by atoms with Crippen LogP contribution in [0.4, 0.5) is 11.4 Å². The Morgan fingerprint density at radius 3 is 2.23 bits per heavy atom. The Balaban J connectivity index is 1.78. The fourth-order valence-corrected chi connectivity index (χ4v) is 3.37. The Labute approximate surface area is 174 Å². The molecule has 0 spiro atoms. The molecule has 0 bridgehead atoms. The molecule has 6 heteroatoms. The van der Waals surface area contributed by atoms with Crippen molar-refractivity contribution in [3.63, 3.8) is 0 Å². The molecule has 1 aliphatic rings. The van der Waals surface area contributed by atoms with Crippen LogP contribution in [0.5, 0.6) is 17.2 Å². The molecule has 1 aliphatic carbocycles. The quantitative estimate of drug-likeness (QED) is 0.593. The second kappa shape index (κ2) is 7.91. The molecule has 0 aromatic heterocycles. The monoisotopic (exact) mass is 402 g/mol. The van der Waals surface area contributed by atoms with Crippen molar-refractivity contribution >= 4 is 23.2 Å². The standard InChI is InChI=1S/C24H22N2O4/c1-29-18-10-7-11-19(16-18)30-21-13-6-5-12-20(21)26(17-8-3-2-4-9-17)23(28)24(14-15-24)22(25)27/h2-13,16H,14-15H2,1H3,(H2,25,27). The van der Waals surface area contributed by atoms with E-state index in [0.717, 1.165) is 0 Å². The number of ether oxygens (including phenoxy) is 2. The topological polar surface area (TPSA) is 81.9 Å². The van der Waals surface area contributed by atoms with Gasteiger partial charge < -0.3 is 15.2 Å². The number of carbonyl (C=O) groups is 2. The van der Waals surface area contributed by atoms with Gasteiger partial charge in [-0.3, -0.25) is 14.5 Å². The third-order valence-electron chi connectivity index (χ3n) is 5.22. The predicted molar refractivity (Wildman–Crippen MR) is 114 cm³/mol. The summed E-state index contributed by atoms with van der Waals surface area (Å²) in [6.45, 7) is 0. The Morgan fingerprint density at radius 1 is 0.900 bits per heavy atom. The zero-order valence-electron chi connectivity index (χ0n) is 16.6. The zero-order valence-corrected chi connectivity index (χ0v) is 16.6. The van der Waals surface area contributed by atoms with Crippen LogP contribution in [0.3, 0.4) is 0 Å². The van der Waals surface area contributed by atoms with E-state index < -0.39 is 11.3 Å². The lowest BCUT2D eigenvalue weighted by atomic mass is 10.0. The number of nitrogens with two attached hydrogens (primary N) is 1. The van der Waals surface area contributed by atoms with Gasteiger partial charge in [-0.1, -0.05) is 36.4 Å². The number of primary amides is 1. The van der Waals surface area contributed by atoms with Crippen molar-refractivity contribution in [2.24, 2.45) is 11.1 Å². The first-order chi connectivity index (χ1) is 14.5. The molecule has 2 amide bonds. The second-order valence-corrected chi connectivity index (χ2v) is 7.17. The van der Waals surface area contributed by atoms with Crippen LogP contribution in [0.1, 0.15) is 12.8 Å². The molecule has 3 aromatic carbocycles. The molecule has 0 heterocycles. The summed E-state index contributed by atoms with van der Waals surface area (Å²) >= 11 is 0. The van der Waals surface area contributed by atoms with E-state index in [0.29, 0.717) is 41.5 Å². The van der Waals surface area contributed by atoms with E-state index in [4.69, 9.17) is 15.2 Å². The number of amides is 2. The van der Waals surface area contributed by atoms with E-state index in [2.05, 4.69) is 0 Å². The number of hydrogen-bond acceptors (Lipinski definition) is 4. The summed E-state index contributed by atoms with van der Waals surface area (Å²) in [5.74, 6) is 0.760. The van der Waals surface area contributed by atoms with E-state index in [9.17, 15) is 9.59 Å². The Hall–Kier alpha value is -3.80. The summed E-state index contributed by atoms with van der Waals surface area (Å²) in [4.78, 5) is 27.1. The summed E-state index contributed by atoms with van der Waals surface area (Å²) in [6, 6.07) is 23.6. The lowest BCUT2D eigenvalue weighted by molar-refractivity contribution is -0.133. The van der Waals surface area contributed by atoms with Crippen molar-refractivity contribution < 1.29 is 19.1 Å². The van der Waals surface area contributed by atoms with Gasteiger partial charge in [0.15, 0.2) is 5.75 Å². The highest BCUT2D eigenvalue weighted by molar-refractivity contribution is 6.17. The van der Waals surface area contributed by atoms with Gasteiger partial charge in [-0.25, -0.2) is 0 Å². The molecule has 0 unspecified atom stereocenters. The average Bonchev–Trinajstić information content (AvgIpc) is 3.58. The third kappa shape index (κ3) is 3.59. The van der Waals surface area contributed by atoms with E-state index in [1.165, 1.54) is 4.90 Å². The maximum absolute atomic E-state index is 13.5. The lowest BCUT2D eigenvalue weighted by Gasteiger charge is -2.28. The molecule has 0 aliphatic heterocycles. The number of benzene rings is 3. The SMILES string of the molecule is COc1cccc(Oc2ccccc2N(C(=O)C2(C(N)=O)CC2)c2ccccc2)c1. The molecule has 6 nitrogen and oxygen atoms in total. The highest BCUT2D eigenvalue weighted by Crippen LogP contribution is 2.50. The zero-order chi connectivity index (χ0) is 21.1. The van der Waals surface area contributed by atoms with E-state index in [1.54, 1.807) is 31.4 Å². The number of nitrogens with zero attached hydrogens (tertiary/aromatic N) is 1. The van der Waals surface area contributed by atoms with Crippen molar-refractivity contribution in [3.8, 4) is 17.2 Å². The van der Waals surface area contributed by atoms with Crippen LogP contribution in [0.2, 0.25) is 0 Å².